The maximum atomic E-state index is 11.8. The van der Waals surface area contributed by atoms with Gasteiger partial charge in [0.15, 0.2) is 0 Å². The van der Waals surface area contributed by atoms with Gasteiger partial charge < -0.3 is 0 Å². The van der Waals surface area contributed by atoms with Gasteiger partial charge in [-0.2, -0.15) is 0 Å². The lowest BCUT2D eigenvalue weighted by molar-refractivity contribution is 0.601. The van der Waals surface area contributed by atoms with E-state index in [9.17, 15) is 8.42 Å². The second-order valence-electron chi connectivity index (χ2n) is 3.01. The largest absolute Gasteiger partial charge is 0.263 e. The normalized spacial score (nSPS) is 11.0. The minimum Gasteiger partial charge on any atom is -0.263 e. The van der Waals surface area contributed by atoms with Crippen molar-refractivity contribution in [2.24, 2.45) is 0 Å². The Labute approximate surface area is 93.2 Å². The number of nitrogens with zero attached hydrogens (tertiary/aromatic N) is 2. The van der Waals surface area contributed by atoms with Gasteiger partial charge in [0.25, 0.3) is 10.0 Å². The van der Waals surface area contributed by atoms with E-state index in [0.717, 1.165) is 0 Å². The average molecular weight is 235 g/mol. The second-order valence-corrected chi connectivity index (χ2v) is 4.70. The topological polar surface area (TPSA) is 72.0 Å². The molecule has 0 saturated heterocycles. The van der Waals surface area contributed by atoms with Gasteiger partial charge in [-0.25, -0.2) is 18.4 Å². The fraction of sp³-hybridized carbons (Fsp3) is 0. The maximum absolute atomic E-state index is 11.8. The monoisotopic (exact) mass is 235 g/mol. The van der Waals surface area contributed by atoms with E-state index >= 15 is 0 Å². The number of hydrogen-bond acceptors (Lipinski definition) is 4. The van der Waals surface area contributed by atoms with Crippen LogP contribution < -0.4 is 4.72 Å². The molecule has 0 atom stereocenters. The summed E-state index contributed by atoms with van der Waals surface area (Å²) in [5, 5.41) is 0. The zero-order valence-corrected chi connectivity index (χ0v) is 9.05. The van der Waals surface area contributed by atoms with E-state index in [0.29, 0.717) is 0 Å². The average Bonchev–Trinajstić information content (AvgIpc) is 2.31. The molecule has 82 valence electrons. The van der Waals surface area contributed by atoms with Crippen LogP contribution in [0.4, 0.5) is 5.82 Å². The summed E-state index contributed by atoms with van der Waals surface area (Å²) in [6, 6.07) is 9.60. The van der Waals surface area contributed by atoms with Gasteiger partial charge in [0.05, 0.1) is 4.90 Å². The first-order chi connectivity index (χ1) is 7.68. The quantitative estimate of drug-likeness (QED) is 0.869. The molecule has 2 aromatic rings. The van der Waals surface area contributed by atoms with Crippen molar-refractivity contribution in [1.29, 1.82) is 0 Å². The lowest BCUT2D eigenvalue weighted by Crippen LogP contribution is -2.13. The molecule has 1 aromatic carbocycles. The summed E-state index contributed by atoms with van der Waals surface area (Å²) >= 11 is 0. The first-order valence-corrected chi connectivity index (χ1v) is 6.01. The fourth-order valence-corrected chi connectivity index (χ4v) is 2.18. The highest BCUT2D eigenvalue weighted by molar-refractivity contribution is 7.92. The van der Waals surface area contributed by atoms with Crippen molar-refractivity contribution in [3.05, 3.63) is 48.9 Å². The van der Waals surface area contributed by atoms with Gasteiger partial charge in [-0.05, 0) is 18.2 Å². The summed E-state index contributed by atoms with van der Waals surface area (Å²) in [5.74, 6) is 0.249. The minimum atomic E-state index is -3.55. The van der Waals surface area contributed by atoms with Gasteiger partial charge in [-0.15, -0.1) is 0 Å². The van der Waals surface area contributed by atoms with E-state index in [-0.39, 0.29) is 10.7 Å². The van der Waals surface area contributed by atoms with Gasteiger partial charge in [0.2, 0.25) is 0 Å². The Hall–Kier alpha value is -1.95. The van der Waals surface area contributed by atoms with Crippen LogP contribution in [-0.4, -0.2) is 18.4 Å². The molecule has 0 spiro atoms. The Bertz CT molecular complexity index is 555. The molecule has 2 rings (SSSR count). The van der Waals surface area contributed by atoms with Crippen LogP contribution in [0.1, 0.15) is 0 Å². The van der Waals surface area contributed by atoms with Crippen LogP contribution >= 0.6 is 0 Å². The Kier molecular flexibility index (Phi) is 2.82. The molecule has 0 radical (unpaired) electrons. The third kappa shape index (κ3) is 2.34. The molecule has 1 aromatic heterocycles. The van der Waals surface area contributed by atoms with Crippen LogP contribution in [0.25, 0.3) is 0 Å². The van der Waals surface area contributed by atoms with Crippen molar-refractivity contribution < 1.29 is 8.42 Å². The summed E-state index contributed by atoms with van der Waals surface area (Å²) in [4.78, 5) is 7.69. The predicted octanol–water partition coefficient (Wildman–Crippen LogP) is 1.28. The van der Waals surface area contributed by atoms with Crippen LogP contribution in [0.2, 0.25) is 0 Å². The van der Waals surface area contributed by atoms with Crippen molar-refractivity contribution in [3.63, 3.8) is 0 Å². The van der Waals surface area contributed by atoms with Gasteiger partial charge in [0, 0.05) is 6.20 Å². The van der Waals surface area contributed by atoms with Crippen LogP contribution in [0, 0.1) is 0 Å². The minimum absolute atomic E-state index is 0.202. The Balaban J connectivity index is 2.29. The van der Waals surface area contributed by atoms with Gasteiger partial charge in [0.1, 0.15) is 12.1 Å². The highest BCUT2D eigenvalue weighted by Crippen LogP contribution is 2.12. The van der Waals surface area contributed by atoms with Gasteiger partial charge in [-0.1, -0.05) is 18.2 Å². The SMILES string of the molecule is O=S(=O)(Nc1ccncn1)c1ccccc1. The first-order valence-electron chi connectivity index (χ1n) is 4.52. The summed E-state index contributed by atoms with van der Waals surface area (Å²) in [6.07, 6.45) is 2.75. The summed E-state index contributed by atoms with van der Waals surface area (Å²) in [6.45, 7) is 0. The number of nitrogens with one attached hydrogen (secondary N) is 1. The number of sulfonamides is 1. The molecule has 0 aliphatic rings. The van der Waals surface area contributed by atoms with Crippen LogP contribution in [0.5, 0.6) is 0 Å². The van der Waals surface area contributed by atoms with Gasteiger partial charge in [-0.3, -0.25) is 4.72 Å². The predicted molar refractivity (Wildman–Crippen MR) is 59.3 cm³/mol. The number of anilines is 1. The third-order valence-corrected chi connectivity index (χ3v) is 3.25. The molecule has 0 aliphatic carbocycles. The molecule has 0 unspecified atom stereocenters. The molecule has 0 bridgehead atoms. The van der Waals surface area contributed by atoms with Gasteiger partial charge >= 0.3 is 0 Å². The zero-order chi connectivity index (χ0) is 11.4. The lowest BCUT2D eigenvalue weighted by atomic mass is 10.4. The fourth-order valence-electron chi connectivity index (χ4n) is 1.15. The van der Waals surface area contributed by atoms with Crippen molar-refractivity contribution in [2.75, 3.05) is 4.72 Å². The molecule has 0 aliphatic heterocycles. The van der Waals surface area contributed by atoms with Crippen molar-refractivity contribution >= 4 is 15.8 Å². The third-order valence-electron chi connectivity index (χ3n) is 1.87. The zero-order valence-electron chi connectivity index (χ0n) is 8.24. The molecule has 1 heterocycles. The molecule has 0 amide bonds. The molecule has 6 heteroatoms. The molecule has 1 N–H and O–H groups in total. The second kappa shape index (κ2) is 4.28. The number of benzene rings is 1. The maximum Gasteiger partial charge on any atom is 0.263 e. The van der Waals surface area contributed by atoms with E-state index in [2.05, 4.69) is 14.7 Å². The Morgan fingerprint density at radius 3 is 2.44 bits per heavy atom. The smallest absolute Gasteiger partial charge is 0.263 e. The molecule has 5 nitrogen and oxygen atoms in total. The Morgan fingerprint density at radius 1 is 1.06 bits per heavy atom. The summed E-state index contributed by atoms with van der Waals surface area (Å²) < 4.78 is 26.0. The van der Waals surface area contributed by atoms with Crippen LogP contribution in [0.15, 0.2) is 53.8 Å². The van der Waals surface area contributed by atoms with E-state index in [4.69, 9.17) is 0 Å². The number of aromatic nitrogens is 2. The molecular weight excluding hydrogens is 226 g/mol. The van der Waals surface area contributed by atoms with Crippen LogP contribution in [0.3, 0.4) is 0 Å². The summed E-state index contributed by atoms with van der Waals surface area (Å²) in [7, 11) is -3.55. The molecule has 16 heavy (non-hydrogen) atoms. The molecular formula is C10H9N3O2S. The van der Waals surface area contributed by atoms with E-state index < -0.39 is 10.0 Å². The van der Waals surface area contributed by atoms with E-state index in [1.54, 1.807) is 18.2 Å². The lowest BCUT2D eigenvalue weighted by Gasteiger charge is -2.05. The van der Waals surface area contributed by atoms with E-state index in [1.165, 1.54) is 30.7 Å². The van der Waals surface area contributed by atoms with Crippen molar-refractivity contribution in [1.82, 2.24) is 9.97 Å². The molecule has 0 fully saturated rings. The number of rotatable bonds is 3. The first kappa shape index (κ1) is 10.6. The standard InChI is InChI=1S/C10H9N3O2S/c14-16(15,9-4-2-1-3-5-9)13-10-6-7-11-8-12-10/h1-8H,(H,11,12,13). The summed E-state index contributed by atoms with van der Waals surface area (Å²) in [5.41, 5.74) is 0. The highest BCUT2D eigenvalue weighted by atomic mass is 32.2. The Morgan fingerprint density at radius 2 is 1.81 bits per heavy atom. The molecule has 0 saturated carbocycles. The van der Waals surface area contributed by atoms with Crippen molar-refractivity contribution in [2.45, 2.75) is 4.90 Å². The van der Waals surface area contributed by atoms with Crippen molar-refractivity contribution in [3.8, 4) is 0 Å². The highest BCUT2D eigenvalue weighted by Gasteiger charge is 2.13. The number of hydrogen-bond donors (Lipinski definition) is 1. The van der Waals surface area contributed by atoms with Crippen LogP contribution in [-0.2, 0) is 10.0 Å². The van der Waals surface area contributed by atoms with E-state index in [1.807, 2.05) is 0 Å².